The lowest BCUT2D eigenvalue weighted by Gasteiger charge is -2.35. The minimum atomic E-state index is -0.403. The molecule has 2 N–H and O–H groups in total. The zero-order valence-corrected chi connectivity index (χ0v) is 19.1. The fraction of sp³-hybridized carbons (Fsp3) is 0.346. The Bertz CT molecular complexity index is 1080. The summed E-state index contributed by atoms with van der Waals surface area (Å²) in [5.41, 5.74) is 2.88. The molecular formula is C26H30N4O3. The van der Waals surface area contributed by atoms with Crippen molar-refractivity contribution in [2.75, 3.05) is 13.7 Å². The van der Waals surface area contributed by atoms with E-state index in [1.165, 1.54) is 6.92 Å². The number of likely N-dealkylation sites (tertiary alicyclic amines) is 1. The summed E-state index contributed by atoms with van der Waals surface area (Å²) in [7, 11) is 1.61. The van der Waals surface area contributed by atoms with Gasteiger partial charge in [0.15, 0.2) is 0 Å². The Balaban J connectivity index is 1.53. The number of aromatic amines is 1. The number of H-pyrrole nitrogens is 1. The highest BCUT2D eigenvalue weighted by Crippen LogP contribution is 2.32. The standard InChI is InChI=1S/C26H30N4O3/c1-18(31)28-22(20-11-13-21(33-2)14-12-20)16-25(32)30-15-7-6-10-24(30)26-27-17-23(29-26)19-8-4-3-5-9-19/h3-5,8-9,11-14,17,22,24H,6-7,10,15-16H2,1-2H3,(H,27,29)(H,28,31). The van der Waals surface area contributed by atoms with Crippen molar-refractivity contribution < 1.29 is 14.3 Å². The molecule has 7 heteroatoms. The Morgan fingerprint density at radius 1 is 1.15 bits per heavy atom. The van der Waals surface area contributed by atoms with Crippen LogP contribution >= 0.6 is 0 Å². The SMILES string of the molecule is COc1ccc(C(CC(=O)N2CCCCC2c2ncc(-c3ccccc3)[nH]2)NC(C)=O)cc1. The molecule has 0 saturated carbocycles. The lowest BCUT2D eigenvalue weighted by Crippen LogP contribution is -2.41. The van der Waals surface area contributed by atoms with Gasteiger partial charge in [0.1, 0.15) is 11.6 Å². The maximum Gasteiger partial charge on any atom is 0.225 e. The van der Waals surface area contributed by atoms with Crippen LogP contribution in [0.1, 0.15) is 56.1 Å². The monoisotopic (exact) mass is 446 g/mol. The average Bonchev–Trinajstić information content (AvgIpc) is 3.34. The number of methoxy groups -OCH3 is 1. The zero-order chi connectivity index (χ0) is 23.2. The fourth-order valence-electron chi connectivity index (χ4n) is 4.41. The Morgan fingerprint density at radius 3 is 2.61 bits per heavy atom. The van der Waals surface area contributed by atoms with E-state index in [0.717, 1.165) is 47.7 Å². The second-order valence-corrected chi connectivity index (χ2v) is 8.38. The number of amides is 2. The molecule has 2 aromatic carbocycles. The van der Waals surface area contributed by atoms with E-state index in [9.17, 15) is 9.59 Å². The molecule has 0 spiro atoms. The third-order valence-electron chi connectivity index (χ3n) is 6.09. The van der Waals surface area contributed by atoms with E-state index in [0.29, 0.717) is 6.54 Å². The number of piperidine rings is 1. The van der Waals surface area contributed by atoms with E-state index in [1.807, 2.05) is 65.7 Å². The number of carbonyl (C=O) groups excluding carboxylic acids is 2. The maximum absolute atomic E-state index is 13.5. The molecule has 2 heterocycles. The number of benzene rings is 2. The highest BCUT2D eigenvalue weighted by atomic mass is 16.5. The molecule has 0 bridgehead atoms. The van der Waals surface area contributed by atoms with Gasteiger partial charge in [-0.25, -0.2) is 4.98 Å². The minimum Gasteiger partial charge on any atom is -0.497 e. The van der Waals surface area contributed by atoms with Gasteiger partial charge in [-0.05, 0) is 42.5 Å². The van der Waals surface area contributed by atoms with Crippen molar-refractivity contribution in [1.82, 2.24) is 20.2 Å². The number of ether oxygens (including phenoxy) is 1. The van der Waals surface area contributed by atoms with Gasteiger partial charge in [0, 0.05) is 13.5 Å². The third kappa shape index (κ3) is 5.42. The molecule has 3 aromatic rings. The molecule has 0 radical (unpaired) electrons. The van der Waals surface area contributed by atoms with E-state index in [4.69, 9.17) is 4.74 Å². The van der Waals surface area contributed by atoms with Crippen molar-refractivity contribution in [3.63, 3.8) is 0 Å². The number of rotatable bonds is 7. The summed E-state index contributed by atoms with van der Waals surface area (Å²) in [5, 5.41) is 2.93. The van der Waals surface area contributed by atoms with Crippen molar-refractivity contribution in [1.29, 1.82) is 0 Å². The zero-order valence-electron chi connectivity index (χ0n) is 19.1. The van der Waals surface area contributed by atoms with Gasteiger partial charge in [-0.3, -0.25) is 9.59 Å². The van der Waals surface area contributed by atoms with Crippen LogP contribution < -0.4 is 10.1 Å². The van der Waals surface area contributed by atoms with Crippen LogP contribution in [0, 0.1) is 0 Å². The first-order valence-electron chi connectivity index (χ1n) is 11.4. The van der Waals surface area contributed by atoms with Crippen LogP contribution in [0.25, 0.3) is 11.3 Å². The van der Waals surface area contributed by atoms with Gasteiger partial charge in [0.25, 0.3) is 0 Å². The van der Waals surface area contributed by atoms with Gasteiger partial charge >= 0.3 is 0 Å². The minimum absolute atomic E-state index is 0.00642. The molecule has 172 valence electrons. The summed E-state index contributed by atoms with van der Waals surface area (Å²) in [6, 6.07) is 17.0. The first-order valence-corrected chi connectivity index (χ1v) is 11.4. The Kier molecular flexibility index (Phi) is 7.07. The van der Waals surface area contributed by atoms with E-state index in [2.05, 4.69) is 15.3 Å². The van der Waals surface area contributed by atoms with Crippen molar-refractivity contribution in [3.05, 3.63) is 72.2 Å². The average molecular weight is 447 g/mol. The third-order valence-corrected chi connectivity index (χ3v) is 6.09. The molecule has 4 rings (SSSR count). The summed E-state index contributed by atoms with van der Waals surface area (Å²) >= 11 is 0. The summed E-state index contributed by atoms with van der Waals surface area (Å²) in [6.07, 6.45) is 4.89. The Hall–Kier alpha value is -3.61. The van der Waals surface area contributed by atoms with Crippen molar-refractivity contribution >= 4 is 11.8 Å². The van der Waals surface area contributed by atoms with E-state index in [1.54, 1.807) is 7.11 Å². The molecule has 2 unspecified atom stereocenters. The van der Waals surface area contributed by atoms with Crippen LogP contribution in [-0.4, -0.2) is 40.3 Å². The smallest absolute Gasteiger partial charge is 0.225 e. The largest absolute Gasteiger partial charge is 0.497 e. The summed E-state index contributed by atoms with van der Waals surface area (Å²) in [5.74, 6) is 1.38. The highest BCUT2D eigenvalue weighted by Gasteiger charge is 2.31. The molecule has 1 aliphatic heterocycles. The van der Waals surface area contributed by atoms with Gasteiger partial charge in [-0.2, -0.15) is 0 Å². The number of nitrogens with zero attached hydrogens (tertiary/aromatic N) is 2. The molecule has 1 aliphatic rings. The van der Waals surface area contributed by atoms with E-state index >= 15 is 0 Å². The second kappa shape index (κ2) is 10.3. The van der Waals surface area contributed by atoms with Crippen LogP contribution in [-0.2, 0) is 9.59 Å². The molecule has 1 aromatic heterocycles. The first kappa shape index (κ1) is 22.6. The first-order chi connectivity index (χ1) is 16.0. The van der Waals surface area contributed by atoms with Gasteiger partial charge in [0.2, 0.25) is 11.8 Å². The number of imidazole rings is 1. The van der Waals surface area contributed by atoms with Crippen LogP contribution in [0.4, 0.5) is 0 Å². The Morgan fingerprint density at radius 2 is 1.91 bits per heavy atom. The molecule has 2 atom stereocenters. The van der Waals surface area contributed by atoms with Crippen molar-refractivity contribution in [2.45, 2.75) is 44.7 Å². The highest BCUT2D eigenvalue weighted by molar-refractivity contribution is 5.79. The van der Waals surface area contributed by atoms with E-state index in [-0.39, 0.29) is 24.3 Å². The van der Waals surface area contributed by atoms with Gasteiger partial charge < -0.3 is 19.9 Å². The molecule has 33 heavy (non-hydrogen) atoms. The van der Waals surface area contributed by atoms with Crippen molar-refractivity contribution in [2.24, 2.45) is 0 Å². The second-order valence-electron chi connectivity index (χ2n) is 8.38. The number of nitrogens with one attached hydrogen (secondary N) is 2. The Labute approximate surface area is 194 Å². The van der Waals surface area contributed by atoms with Crippen LogP contribution in [0.15, 0.2) is 60.8 Å². The summed E-state index contributed by atoms with van der Waals surface area (Å²) in [6.45, 7) is 2.15. The molecule has 1 fully saturated rings. The number of aromatic nitrogens is 2. The predicted molar refractivity (Wildman–Crippen MR) is 126 cm³/mol. The maximum atomic E-state index is 13.5. The van der Waals surface area contributed by atoms with Crippen molar-refractivity contribution in [3.8, 4) is 17.0 Å². The van der Waals surface area contributed by atoms with Crippen LogP contribution in [0.2, 0.25) is 0 Å². The number of carbonyl (C=O) groups is 2. The molecule has 7 nitrogen and oxygen atoms in total. The number of hydrogen-bond acceptors (Lipinski definition) is 4. The van der Waals surface area contributed by atoms with E-state index < -0.39 is 6.04 Å². The lowest BCUT2D eigenvalue weighted by molar-refractivity contribution is -0.136. The predicted octanol–water partition coefficient (Wildman–Crippen LogP) is 4.41. The van der Waals surface area contributed by atoms with Gasteiger partial charge in [-0.15, -0.1) is 0 Å². The van der Waals surface area contributed by atoms with Gasteiger partial charge in [-0.1, -0.05) is 42.5 Å². The summed E-state index contributed by atoms with van der Waals surface area (Å²) in [4.78, 5) is 35.3. The lowest BCUT2D eigenvalue weighted by atomic mass is 9.98. The molecule has 1 saturated heterocycles. The van der Waals surface area contributed by atoms with Gasteiger partial charge in [0.05, 0.1) is 37.5 Å². The van der Waals surface area contributed by atoms with Crippen LogP contribution in [0.3, 0.4) is 0 Å². The topological polar surface area (TPSA) is 87.3 Å². The summed E-state index contributed by atoms with van der Waals surface area (Å²) < 4.78 is 5.23. The molecular weight excluding hydrogens is 416 g/mol. The fourth-order valence-corrected chi connectivity index (χ4v) is 4.41. The quantitative estimate of drug-likeness (QED) is 0.563. The molecule has 2 amide bonds. The number of hydrogen-bond donors (Lipinski definition) is 2. The van der Waals surface area contributed by atoms with Crippen LogP contribution in [0.5, 0.6) is 5.75 Å². The molecule has 0 aliphatic carbocycles. The normalized spacial score (nSPS) is 16.8.